The normalized spacial score (nSPS) is 13.1. The van der Waals surface area contributed by atoms with Crippen LogP contribution in [0.15, 0.2) is 0 Å². The summed E-state index contributed by atoms with van der Waals surface area (Å²) in [5.74, 6) is -0.0535. The van der Waals surface area contributed by atoms with Gasteiger partial charge in [-0.05, 0) is 58.2 Å². The fourth-order valence-electron chi connectivity index (χ4n) is 2.77. The predicted octanol–water partition coefficient (Wildman–Crippen LogP) is 2.24. The second-order valence-electron chi connectivity index (χ2n) is 9.89. The van der Waals surface area contributed by atoms with Crippen LogP contribution in [0.1, 0.15) is 59.8 Å². The van der Waals surface area contributed by atoms with Crippen LogP contribution in [0.25, 0.3) is 0 Å². The van der Waals surface area contributed by atoms with Crippen molar-refractivity contribution in [2.75, 3.05) is 38.7 Å². The van der Waals surface area contributed by atoms with Gasteiger partial charge in [0.15, 0.2) is 6.10 Å². The Balaban J connectivity index is 4.23. The van der Waals surface area contributed by atoms with Crippen molar-refractivity contribution in [1.82, 2.24) is 10.6 Å². The number of alkyl carbamates (subject to hydrolysis) is 2. The molecule has 2 amide bonds. The van der Waals surface area contributed by atoms with E-state index in [9.17, 15) is 33.4 Å². The first-order chi connectivity index (χ1) is 19.2. The van der Waals surface area contributed by atoms with Crippen LogP contribution < -0.4 is 10.6 Å². The molecule has 20 heteroatoms. The number of unbranched alkanes of at least 4 members (excludes halogenated alkanes) is 2. The third-order valence-electron chi connectivity index (χ3n) is 5.15. The Morgan fingerprint density at radius 3 is 1.86 bits per heavy atom. The molecule has 246 valence electrons. The van der Waals surface area contributed by atoms with Gasteiger partial charge in [-0.1, -0.05) is 6.92 Å². The number of ether oxygens (including phenoxy) is 4. The van der Waals surface area contributed by atoms with E-state index in [0.29, 0.717) is 25.0 Å². The second-order valence-corrected chi connectivity index (χ2v) is 15.1. The largest absolute Gasteiger partial charge is 0.455 e. The number of hydrogen-bond donors (Lipinski definition) is 7. The summed E-state index contributed by atoms with van der Waals surface area (Å²) in [6.45, 7) is 6.05. The average molecular weight is 669 g/mol. The maximum atomic E-state index is 12.2. The maximum Gasteiger partial charge on any atom is 0.407 e. The van der Waals surface area contributed by atoms with E-state index in [2.05, 4.69) is 10.6 Å². The van der Waals surface area contributed by atoms with Crippen molar-refractivity contribution in [3.63, 3.8) is 0 Å². The van der Waals surface area contributed by atoms with E-state index < -0.39 is 61.7 Å². The third-order valence-corrected chi connectivity index (χ3v) is 9.67. The summed E-state index contributed by atoms with van der Waals surface area (Å²) in [5, 5.41) is 10.4. The Morgan fingerprint density at radius 1 is 0.810 bits per heavy atom. The average Bonchev–Trinajstić information content (AvgIpc) is 2.85. The van der Waals surface area contributed by atoms with Crippen molar-refractivity contribution in [2.24, 2.45) is 5.41 Å². The van der Waals surface area contributed by atoms with Gasteiger partial charge in [0, 0.05) is 25.3 Å². The highest BCUT2D eigenvalue weighted by Crippen LogP contribution is 2.69. The first kappa shape index (κ1) is 40.1. The molecule has 0 aromatic rings. The van der Waals surface area contributed by atoms with Crippen molar-refractivity contribution in [3.8, 4) is 0 Å². The molecule has 17 nitrogen and oxygen atoms in total. The molecule has 0 saturated carbocycles. The molecule has 0 bridgehead atoms. The van der Waals surface area contributed by atoms with Gasteiger partial charge in [-0.15, -0.1) is 0 Å². The highest BCUT2D eigenvalue weighted by Gasteiger charge is 2.58. The Morgan fingerprint density at radius 2 is 1.33 bits per heavy atom. The Hall–Kier alpha value is -1.91. The van der Waals surface area contributed by atoms with Crippen molar-refractivity contribution >= 4 is 50.4 Å². The van der Waals surface area contributed by atoms with E-state index in [1.807, 2.05) is 0 Å². The molecule has 0 aliphatic carbocycles. The molecule has 0 aromatic carbocycles. The molecule has 1 atom stereocenters. The van der Waals surface area contributed by atoms with Gasteiger partial charge in [-0.25, -0.2) is 14.4 Å². The van der Waals surface area contributed by atoms with E-state index in [0.717, 1.165) is 11.8 Å². The van der Waals surface area contributed by atoms with Gasteiger partial charge < -0.3 is 54.3 Å². The molecule has 0 aliphatic rings. The number of amides is 2. The zero-order chi connectivity index (χ0) is 32.6. The molecule has 0 heterocycles. The number of esters is 1. The molecule has 0 saturated heterocycles. The van der Waals surface area contributed by atoms with Crippen LogP contribution in [0.4, 0.5) is 14.4 Å². The third kappa shape index (κ3) is 16.1. The van der Waals surface area contributed by atoms with Crippen LogP contribution in [0, 0.1) is 5.41 Å². The molecule has 0 rings (SSSR count). The van der Waals surface area contributed by atoms with Crippen LogP contribution >= 0.6 is 27.0 Å². The molecular weight excluding hydrogens is 626 g/mol. The summed E-state index contributed by atoms with van der Waals surface area (Å²) in [6.07, 6.45) is -2.51. The van der Waals surface area contributed by atoms with Crippen LogP contribution in [0.5, 0.6) is 0 Å². The minimum absolute atomic E-state index is 0.00103. The minimum Gasteiger partial charge on any atom is -0.455 e. The maximum absolute atomic E-state index is 12.2. The Labute approximate surface area is 248 Å². The van der Waals surface area contributed by atoms with Gasteiger partial charge in [0.2, 0.25) is 0 Å². The van der Waals surface area contributed by atoms with Gasteiger partial charge >= 0.3 is 38.6 Å². The van der Waals surface area contributed by atoms with E-state index in [1.54, 1.807) is 27.7 Å². The standard InChI is InChI=1S/C22H42N2O15P2S/c1-5-42-20(28)38-15-16(39-17(25)21(2,3)4)14-37-19(27)23-11-7-6-8-13-36-18(26)24-12-9-10-22(29,40(30,31)32)41(33,34)35/h16,29H,5-15H2,1-4H3,(H,23,27)(H,24,26)(H2,30,31,32)(H2,33,34,35). The molecule has 0 aromatic heterocycles. The SMILES string of the molecule is CCSC(=O)OCC(COC(=O)NCCCCCOC(=O)NCCCC(O)(P(=O)(O)O)P(=O)(O)O)OC(=O)C(C)(C)C. The highest BCUT2D eigenvalue weighted by atomic mass is 32.2. The zero-order valence-electron chi connectivity index (χ0n) is 24.0. The monoisotopic (exact) mass is 668 g/mol. The van der Waals surface area contributed by atoms with Crippen molar-refractivity contribution < 1.29 is 71.9 Å². The molecule has 0 aliphatic heterocycles. The van der Waals surface area contributed by atoms with Crippen molar-refractivity contribution in [2.45, 2.75) is 71.0 Å². The Bertz CT molecular complexity index is 957. The number of aliphatic hydroxyl groups is 1. The number of hydrogen-bond acceptors (Lipinski definition) is 12. The highest BCUT2D eigenvalue weighted by molar-refractivity contribution is 8.13. The van der Waals surface area contributed by atoms with Crippen LogP contribution in [0.3, 0.4) is 0 Å². The summed E-state index contributed by atoms with van der Waals surface area (Å²) in [5.41, 5.74) is -0.817. The Kier molecular flexibility index (Phi) is 17.8. The lowest BCUT2D eigenvalue weighted by molar-refractivity contribution is -0.162. The van der Waals surface area contributed by atoms with Gasteiger partial charge in [-0.2, -0.15) is 0 Å². The molecule has 0 radical (unpaired) electrons. The molecular formula is C22H42N2O15P2S. The first-order valence-corrected chi connectivity index (χ1v) is 17.1. The summed E-state index contributed by atoms with van der Waals surface area (Å²) in [7, 11) is -11.1. The van der Waals surface area contributed by atoms with E-state index >= 15 is 0 Å². The number of thioether (sulfide) groups is 1. The molecule has 42 heavy (non-hydrogen) atoms. The zero-order valence-corrected chi connectivity index (χ0v) is 26.6. The van der Waals surface area contributed by atoms with Gasteiger partial charge in [0.1, 0.15) is 13.2 Å². The van der Waals surface area contributed by atoms with E-state index in [4.69, 9.17) is 38.5 Å². The molecule has 0 fully saturated rings. The van der Waals surface area contributed by atoms with Crippen LogP contribution in [0.2, 0.25) is 0 Å². The van der Waals surface area contributed by atoms with Crippen molar-refractivity contribution in [3.05, 3.63) is 0 Å². The first-order valence-electron chi connectivity index (χ1n) is 12.9. The van der Waals surface area contributed by atoms with Crippen molar-refractivity contribution in [1.29, 1.82) is 0 Å². The summed E-state index contributed by atoms with van der Waals surface area (Å²) in [6, 6.07) is 0. The lowest BCUT2D eigenvalue weighted by atomic mass is 9.97. The smallest absolute Gasteiger partial charge is 0.407 e. The number of carbonyl (C=O) groups excluding carboxylic acids is 4. The van der Waals surface area contributed by atoms with Crippen LogP contribution in [-0.2, 0) is 32.9 Å². The fourth-order valence-corrected chi connectivity index (χ4v) is 5.42. The summed E-state index contributed by atoms with van der Waals surface area (Å²) < 4.78 is 42.9. The van der Waals surface area contributed by atoms with Gasteiger partial charge in [0.05, 0.1) is 12.0 Å². The quantitative estimate of drug-likeness (QED) is 0.0478. The van der Waals surface area contributed by atoms with Gasteiger partial charge in [-0.3, -0.25) is 13.9 Å². The topological polar surface area (TPSA) is 265 Å². The minimum atomic E-state index is -5.56. The lowest BCUT2D eigenvalue weighted by Gasteiger charge is -2.29. The van der Waals surface area contributed by atoms with E-state index in [-0.39, 0.29) is 39.3 Å². The van der Waals surface area contributed by atoms with Crippen LogP contribution in [-0.4, -0.2) is 98.0 Å². The number of carbonyl (C=O) groups is 4. The summed E-state index contributed by atoms with van der Waals surface area (Å²) in [4.78, 5) is 83.7. The fraction of sp³-hybridized carbons (Fsp3) is 0.818. The summed E-state index contributed by atoms with van der Waals surface area (Å²) >= 11 is 0.940. The molecule has 7 N–H and O–H groups in total. The second kappa shape index (κ2) is 18.7. The number of rotatable bonds is 18. The van der Waals surface area contributed by atoms with E-state index in [1.165, 1.54) is 0 Å². The molecule has 1 unspecified atom stereocenters. The number of nitrogens with one attached hydrogen (secondary N) is 2. The predicted molar refractivity (Wildman–Crippen MR) is 150 cm³/mol. The molecule has 0 spiro atoms. The lowest BCUT2D eigenvalue weighted by Crippen LogP contribution is -2.36. The van der Waals surface area contributed by atoms with Gasteiger partial charge in [0.25, 0.3) is 5.08 Å².